The van der Waals surface area contributed by atoms with Gasteiger partial charge in [0.25, 0.3) is 5.69 Å². The summed E-state index contributed by atoms with van der Waals surface area (Å²) < 4.78 is 5.93. The molecule has 0 aliphatic carbocycles. The van der Waals surface area contributed by atoms with Crippen molar-refractivity contribution in [2.75, 3.05) is 11.5 Å². The summed E-state index contributed by atoms with van der Waals surface area (Å²) in [6.45, 7) is -0.393. The Labute approximate surface area is 144 Å². The highest BCUT2D eigenvalue weighted by Gasteiger charge is 2.67. The molecule has 0 spiro atoms. The number of nitrogens with zero attached hydrogens (tertiary/aromatic N) is 2. The van der Waals surface area contributed by atoms with Crippen molar-refractivity contribution in [3.63, 3.8) is 0 Å². The van der Waals surface area contributed by atoms with Gasteiger partial charge in [0, 0.05) is 16.6 Å². The Bertz CT molecular complexity index is 824. The number of nitro groups is 1. The van der Waals surface area contributed by atoms with Gasteiger partial charge >= 0.3 is 0 Å². The number of fused-ring (bicyclic) bond motifs is 5. The standard InChI is InChI=1S/C15H11BrN2O6/c16-8-5-7(18(22)23)1-2-9(8)17-13(20)11-10-3-4-15(6-19,24-10)12(11)14(17)21/h1-5,10-12,19H,6H2/t10-,11-,12+,15+/m1/s1. The van der Waals surface area contributed by atoms with Crippen LogP contribution in [0.15, 0.2) is 34.8 Å². The third-order valence-electron chi connectivity index (χ3n) is 4.79. The summed E-state index contributed by atoms with van der Waals surface area (Å²) in [6, 6.07) is 3.84. The minimum absolute atomic E-state index is 0.151. The number of non-ortho nitro benzene ring substituents is 1. The minimum atomic E-state index is -1.16. The molecule has 1 aromatic carbocycles. The van der Waals surface area contributed by atoms with Gasteiger partial charge in [0.1, 0.15) is 5.60 Å². The van der Waals surface area contributed by atoms with Gasteiger partial charge in [-0.2, -0.15) is 0 Å². The number of imide groups is 1. The largest absolute Gasteiger partial charge is 0.393 e. The number of anilines is 1. The van der Waals surface area contributed by atoms with Crippen LogP contribution in [0.25, 0.3) is 0 Å². The van der Waals surface area contributed by atoms with Crippen LogP contribution in [0, 0.1) is 22.0 Å². The van der Waals surface area contributed by atoms with Gasteiger partial charge in [0.05, 0.1) is 35.2 Å². The SMILES string of the molecule is O=C1[C@H]2[C@@H](C(=O)N1c1ccc([N+](=O)[O-])cc1Br)[C@@]1(CO)C=C[C@H]2O1. The van der Waals surface area contributed by atoms with Crippen molar-refractivity contribution in [3.8, 4) is 0 Å². The predicted molar refractivity (Wildman–Crippen MR) is 84.1 cm³/mol. The molecule has 9 heteroatoms. The summed E-state index contributed by atoms with van der Waals surface area (Å²) in [7, 11) is 0. The van der Waals surface area contributed by atoms with Gasteiger partial charge in [-0.3, -0.25) is 19.7 Å². The Morgan fingerprint density at radius 3 is 2.75 bits per heavy atom. The Morgan fingerprint density at radius 2 is 2.12 bits per heavy atom. The molecule has 0 aromatic heterocycles. The second-order valence-electron chi connectivity index (χ2n) is 5.96. The number of halogens is 1. The van der Waals surface area contributed by atoms with Crippen LogP contribution in [0.1, 0.15) is 0 Å². The third-order valence-corrected chi connectivity index (χ3v) is 5.42. The number of hydrogen-bond donors (Lipinski definition) is 1. The van der Waals surface area contributed by atoms with E-state index in [9.17, 15) is 24.8 Å². The van der Waals surface area contributed by atoms with Gasteiger partial charge in [-0.05, 0) is 22.0 Å². The van der Waals surface area contributed by atoms with Gasteiger partial charge in [-0.25, -0.2) is 4.90 Å². The quantitative estimate of drug-likeness (QED) is 0.356. The Kier molecular flexibility index (Phi) is 3.18. The van der Waals surface area contributed by atoms with Gasteiger partial charge in [-0.1, -0.05) is 12.2 Å². The predicted octanol–water partition coefficient (Wildman–Crippen LogP) is 1.16. The molecule has 0 unspecified atom stereocenters. The molecule has 4 rings (SSSR count). The van der Waals surface area contributed by atoms with Crippen LogP contribution in [-0.4, -0.2) is 40.2 Å². The van der Waals surface area contributed by atoms with Gasteiger partial charge in [0.2, 0.25) is 11.8 Å². The summed E-state index contributed by atoms with van der Waals surface area (Å²) in [6.07, 6.45) is 2.79. The molecule has 3 aliphatic rings. The zero-order valence-electron chi connectivity index (χ0n) is 12.1. The van der Waals surface area contributed by atoms with Crippen LogP contribution in [0.5, 0.6) is 0 Å². The van der Waals surface area contributed by atoms with Crippen LogP contribution in [0.3, 0.4) is 0 Å². The number of hydrogen-bond acceptors (Lipinski definition) is 6. The molecular formula is C15H11BrN2O6. The van der Waals surface area contributed by atoms with Crippen LogP contribution in [0.4, 0.5) is 11.4 Å². The van der Waals surface area contributed by atoms with Gasteiger partial charge < -0.3 is 9.84 Å². The van der Waals surface area contributed by atoms with Crippen molar-refractivity contribution in [2.24, 2.45) is 11.8 Å². The smallest absolute Gasteiger partial charge is 0.270 e. The zero-order valence-corrected chi connectivity index (χ0v) is 13.7. The van der Waals surface area contributed by atoms with E-state index in [0.29, 0.717) is 0 Å². The van der Waals surface area contributed by atoms with Crippen LogP contribution in [0.2, 0.25) is 0 Å². The molecule has 3 heterocycles. The number of benzene rings is 1. The number of ether oxygens (including phenoxy) is 1. The lowest BCUT2D eigenvalue weighted by Gasteiger charge is -2.26. The molecule has 1 aromatic rings. The van der Waals surface area contributed by atoms with E-state index in [2.05, 4.69) is 15.9 Å². The van der Waals surface area contributed by atoms with Crippen molar-refractivity contribution < 1.29 is 24.4 Å². The molecule has 2 saturated heterocycles. The van der Waals surface area contributed by atoms with E-state index >= 15 is 0 Å². The maximum absolute atomic E-state index is 12.8. The minimum Gasteiger partial charge on any atom is -0.393 e. The highest BCUT2D eigenvalue weighted by atomic mass is 79.9. The second-order valence-corrected chi connectivity index (χ2v) is 6.82. The first-order valence-corrected chi connectivity index (χ1v) is 7.99. The lowest BCUT2D eigenvalue weighted by molar-refractivity contribution is -0.384. The highest BCUT2D eigenvalue weighted by Crippen LogP contribution is 2.52. The maximum atomic E-state index is 12.8. The fourth-order valence-electron chi connectivity index (χ4n) is 3.71. The summed E-state index contributed by atoms with van der Waals surface area (Å²) >= 11 is 3.19. The van der Waals surface area contributed by atoms with Crippen molar-refractivity contribution in [1.29, 1.82) is 0 Å². The number of carbonyl (C=O) groups is 2. The lowest BCUT2D eigenvalue weighted by Crippen LogP contribution is -2.43. The zero-order chi connectivity index (χ0) is 17.2. The lowest BCUT2D eigenvalue weighted by atomic mass is 9.77. The van der Waals surface area contributed by atoms with Crippen LogP contribution < -0.4 is 4.90 Å². The van der Waals surface area contributed by atoms with Crippen molar-refractivity contribution in [2.45, 2.75) is 11.7 Å². The molecule has 2 fully saturated rings. The van der Waals surface area contributed by atoms with E-state index in [1.165, 1.54) is 18.2 Å². The van der Waals surface area contributed by atoms with Crippen molar-refractivity contribution >= 4 is 39.1 Å². The molecule has 1 N–H and O–H groups in total. The van der Waals surface area contributed by atoms with Gasteiger partial charge in [0.15, 0.2) is 0 Å². The molecule has 4 atom stereocenters. The molecular weight excluding hydrogens is 384 g/mol. The number of aliphatic hydroxyl groups is 1. The first kappa shape index (κ1) is 15.4. The van der Waals surface area contributed by atoms with Crippen LogP contribution in [-0.2, 0) is 14.3 Å². The number of rotatable bonds is 3. The summed E-state index contributed by atoms with van der Waals surface area (Å²) in [4.78, 5) is 36.9. The summed E-state index contributed by atoms with van der Waals surface area (Å²) in [5, 5.41) is 20.5. The molecule has 24 heavy (non-hydrogen) atoms. The van der Waals surface area contributed by atoms with Gasteiger partial charge in [-0.15, -0.1) is 0 Å². The maximum Gasteiger partial charge on any atom is 0.270 e. The monoisotopic (exact) mass is 394 g/mol. The summed E-state index contributed by atoms with van der Waals surface area (Å²) in [5.41, 5.74) is -1.07. The fourth-order valence-corrected chi connectivity index (χ4v) is 4.26. The highest BCUT2D eigenvalue weighted by molar-refractivity contribution is 9.10. The van der Waals surface area contributed by atoms with E-state index < -0.39 is 46.9 Å². The average molecular weight is 395 g/mol. The van der Waals surface area contributed by atoms with E-state index in [0.717, 1.165) is 4.90 Å². The third kappa shape index (κ3) is 1.80. The summed E-state index contributed by atoms with van der Waals surface area (Å²) in [5.74, 6) is -2.37. The molecule has 3 aliphatic heterocycles. The molecule has 2 bridgehead atoms. The van der Waals surface area contributed by atoms with Crippen molar-refractivity contribution in [3.05, 3.63) is 44.9 Å². The molecule has 2 amide bonds. The fraction of sp³-hybridized carbons (Fsp3) is 0.333. The Balaban J connectivity index is 1.76. The molecule has 124 valence electrons. The molecule has 0 radical (unpaired) electrons. The normalized spacial score (nSPS) is 33.4. The topological polar surface area (TPSA) is 110 Å². The van der Waals surface area contributed by atoms with E-state index in [-0.39, 0.29) is 15.8 Å². The Morgan fingerprint density at radius 1 is 1.38 bits per heavy atom. The number of nitro benzene ring substituents is 1. The second kappa shape index (κ2) is 4.95. The number of carbonyl (C=O) groups excluding carboxylic acids is 2. The van der Waals surface area contributed by atoms with E-state index in [1.807, 2.05) is 0 Å². The molecule has 0 saturated carbocycles. The first-order chi connectivity index (χ1) is 11.4. The van der Waals surface area contributed by atoms with Crippen LogP contribution >= 0.6 is 15.9 Å². The number of amides is 2. The average Bonchev–Trinajstić information content (AvgIpc) is 3.19. The van der Waals surface area contributed by atoms with E-state index in [1.54, 1.807) is 12.2 Å². The van der Waals surface area contributed by atoms with Crippen molar-refractivity contribution in [1.82, 2.24) is 0 Å². The number of aliphatic hydroxyl groups excluding tert-OH is 1. The first-order valence-electron chi connectivity index (χ1n) is 7.19. The molecule has 8 nitrogen and oxygen atoms in total. The Hall–Kier alpha value is -2.10. The van der Waals surface area contributed by atoms with E-state index in [4.69, 9.17) is 4.74 Å².